The number of halogens is 5. The van der Waals surface area contributed by atoms with Gasteiger partial charge in [-0.25, -0.2) is 5.01 Å². The molecular weight excluding hydrogens is 545 g/mol. The fraction of sp³-hybridized carbons (Fsp3) is 0.333. The monoisotopic (exact) mass is 560 g/mol. The summed E-state index contributed by atoms with van der Waals surface area (Å²) in [4.78, 5) is 25.9. The van der Waals surface area contributed by atoms with Crippen molar-refractivity contribution >= 4 is 43.7 Å². The molecule has 0 bridgehead atoms. The first-order valence-corrected chi connectivity index (χ1v) is 11.0. The maximum Gasteiger partial charge on any atom is 0.409 e. The Hall–Kier alpha value is -1.91. The number of ether oxygens (including phenoxy) is 1. The fourth-order valence-corrected chi connectivity index (χ4v) is 5.17. The summed E-state index contributed by atoms with van der Waals surface area (Å²) in [6, 6.07) is 9.39. The molecule has 0 radical (unpaired) electrons. The molecule has 2 aromatic rings. The number of nitrogens with zero attached hydrogens (tertiary/aromatic N) is 2. The van der Waals surface area contributed by atoms with Gasteiger partial charge in [0.25, 0.3) is 0 Å². The number of amides is 1. The van der Waals surface area contributed by atoms with Gasteiger partial charge in [-0.15, -0.1) is 0 Å². The van der Waals surface area contributed by atoms with E-state index in [-0.39, 0.29) is 24.1 Å². The van der Waals surface area contributed by atoms with Gasteiger partial charge < -0.3 is 4.74 Å². The second-order valence-electron chi connectivity index (χ2n) is 7.42. The van der Waals surface area contributed by atoms with E-state index in [1.165, 1.54) is 29.3 Å². The van der Waals surface area contributed by atoms with E-state index in [4.69, 9.17) is 4.74 Å². The fourth-order valence-electron chi connectivity index (χ4n) is 4.65. The van der Waals surface area contributed by atoms with Crippen molar-refractivity contribution in [2.75, 3.05) is 13.7 Å². The van der Waals surface area contributed by atoms with Gasteiger partial charge >= 0.3 is 12.1 Å². The van der Waals surface area contributed by atoms with Gasteiger partial charge in [0.05, 0.1) is 13.2 Å². The minimum atomic E-state index is -5.01. The Morgan fingerprint density at radius 1 is 1.00 bits per heavy atom. The van der Waals surface area contributed by atoms with Crippen LogP contribution in [0.4, 0.5) is 13.2 Å². The van der Waals surface area contributed by atoms with Gasteiger partial charge in [-0.3, -0.25) is 14.6 Å². The molecule has 0 spiro atoms. The van der Waals surface area contributed by atoms with E-state index < -0.39 is 35.6 Å². The summed E-state index contributed by atoms with van der Waals surface area (Å²) in [7, 11) is 0.938. The van der Waals surface area contributed by atoms with Crippen LogP contribution in [0.15, 0.2) is 57.5 Å². The summed E-state index contributed by atoms with van der Waals surface area (Å²) in [6.07, 6.45) is -4.95. The molecule has 2 heterocycles. The van der Waals surface area contributed by atoms with Crippen molar-refractivity contribution < 1.29 is 27.5 Å². The molecule has 1 amide bonds. The lowest BCUT2D eigenvalue weighted by atomic mass is 9.69. The summed E-state index contributed by atoms with van der Waals surface area (Å²) >= 11 is 6.57. The lowest BCUT2D eigenvalue weighted by Crippen LogP contribution is -2.53. The molecule has 0 aromatic heterocycles. The van der Waals surface area contributed by atoms with Crippen LogP contribution in [0.25, 0.3) is 0 Å². The molecule has 2 aliphatic heterocycles. The van der Waals surface area contributed by atoms with Gasteiger partial charge in [0.2, 0.25) is 11.3 Å². The van der Waals surface area contributed by atoms with Crippen LogP contribution >= 0.6 is 31.9 Å². The summed E-state index contributed by atoms with van der Waals surface area (Å²) < 4.78 is 51.2. The van der Waals surface area contributed by atoms with Crippen molar-refractivity contribution in [2.24, 2.45) is 5.41 Å². The standard InChI is InChI=1S/C21H17Br2F3N2O3/c1-31-19(30)20(21(24,25)26)17(12-2-6-14(22)7-3-12)27-11-10-16(29)28(27)18(20)13-4-8-15(23)9-5-13/h2-9,17-18H,10-11H2,1H3/t17-,18-,20-/m0/s1. The third-order valence-corrected chi connectivity index (χ3v) is 6.91. The van der Waals surface area contributed by atoms with E-state index in [2.05, 4.69) is 31.9 Å². The lowest BCUT2D eigenvalue weighted by molar-refractivity contribution is -0.245. The van der Waals surface area contributed by atoms with Crippen LogP contribution in [0.1, 0.15) is 29.6 Å². The van der Waals surface area contributed by atoms with E-state index in [0.717, 1.165) is 12.1 Å². The quantitative estimate of drug-likeness (QED) is 0.485. The number of hydrazine groups is 1. The maximum absolute atomic E-state index is 15.0. The Morgan fingerprint density at radius 3 is 1.94 bits per heavy atom. The minimum Gasteiger partial charge on any atom is -0.468 e. The summed E-state index contributed by atoms with van der Waals surface area (Å²) in [5, 5.41) is 2.46. The maximum atomic E-state index is 15.0. The average molecular weight is 562 g/mol. The second-order valence-corrected chi connectivity index (χ2v) is 9.25. The van der Waals surface area contributed by atoms with Crippen molar-refractivity contribution in [1.82, 2.24) is 10.0 Å². The molecule has 0 saturated carbocycles. The zero-order chi connectivity index (χ0) is 22.6. The first-order chi connectivity index (χ1) is 14.6. The largest absolute Gasteiger partial charge is 0.468 e. The van der Waals surface area contributed by atoms with Crippen molar-refractivity contribution in [2.45, 2.75) is 24.7 Å². The van der Waals surface area contributed by atoms with E-state index in [1.807, 2.05) is 0 Å². The Bertz CT molecular complexity index is 1010. The SMILES string of the molecule is COC(=O)[C@]1(C(F)(F)F)[C@H](c2ccc(Br)cc2)N2CCC(=O)N2[C@H]1c1ccc(Br)cc1. The third-order valence-electron chi connectivity index (χ3n) is 5.86. The highest BCUT2D eigenvalue weighted by molar-refractivity contribution is 9.10. The van der Waals surface area contributed by atoms with Crippen molar-refractivity contribution in [3.8, 4) is 0 Å². The average Bonchev–Trinajstić information content (AvgIpc) is 3.24. The molecule has 0 aliphatic carbocycles. The van der Waals surface area contributed by atoms with Gasteiger partial charge in [0, 0.05) is 21.9 Å². The second kappa shape index (κ2) is 7.90. The molecule has 2 saturated heterocycles. The lowest BCUT2D eigenvalue weighted by Gasteiger charge is -2.38. The molecule has 2 aromatic carbocycles. The van der Waals surface area contributed by atoms with E-state index in [9.17, 15) is 9.59 Å². The molecule has 10 heteroatoms. The summed E-state index contributed by atoms with van der Waals surface area (Å²) in [5.74, 6) is -1.90. The highest BCUT2D eigenvalue weighted by Gasteiger charge is 2.78. The molecule has 3 atom stereocenters. The summed E-state index contributed by atoms with van der Waals surface area (Å²) in [5.41, 5.74) is -2.55. The topological polar surface area (TPSA) is 49.9 Å². The number of hydrogen-bond acceptors (Lipinski definition) is 4. The van der Waals surface area contributed by atoms with Crippen LogP contribution in [0.3, 0.4) is 0 Å². The molecule has 0 unspecified atom stereocenters. The minimum absolute atomic E-state index is 0.0646. The van der Waals surface area contributed by atoms with Gasteiger partial charge in [0.15, 0.2) is 0 Å². The molecule has 4 rings (SSSR count). The smallest absolute Gasteiger partial charge is 0.409 e. The third kappa shape index (κ3) is 3.30. The zero-order valence-corrected chi connectivity index (χ0v) is 19.4. The first-order valence-electron chi connectivity index (χ1n) is 9.37. The first kappa shape index (κ1) is 22.3. The number of hydrogen-bond donors (Lipinski definition) is 0. The molecule has 2 aliphatic rings. The number of rotatable bonds is 3. The zero-order valence-electron chi connectivity index (χ0n) is 16.2. The molecule has 164 valence electrons. The number of methoxy groups -OCH3 is 1. The van der Waals surface area contributed by atoms with Crippen LogP contribution in [0.5, 0.6) is 0 Å². The predicted octanol–water partition coefficient (Wildman–Crippen LogP) is 5.18. The molecule has 31 heavy (non-hydrogen) atoms. The molecular formula is C21H17Br2F3N2O3. The van der Waals surface area contributed by atoms with Crippen LogP contribution in [0, 0.1) is 5.41 Å². The Kier molecular flexibility index (Phi) is 5.68. The Balaban J connectivity index is 2.05. The Morgan fingerprint density at radius 2 is 1.48 bits per heavy atom. The molecule has 2 fully saturated rings. The van der Waals surface area contributed by atoms with Crippen molar-refractivity contribution in [1.29, 1.82) is 0 Å². The predicted molar refractivity (Wildman–Crippen MR) is 112 cm³/mol. The number of alkyl halides is 3. The van der Waals surface area contributed by atoms with E-state index in [1.54, 1.807) is 24.3 Å². The van der Waals surface area contributed by atoms with Gasteiger partial charge in [-0.2, -0.15) is 13.2 Å². The van der Waals surface area contributed by atoms with Crippen LogP contribution in [-0.2, 0) is 14.3 Å². The Labute approximate surface area is 193 Å². The number of carbonyl (C=O) groups is 2. The molecule has 0 N–H and O–H groups in total. The van der Waals surface area contributed by atoms with Gasteiger partial charge in [-0.05, 0) is 35.4 Å². The number of carbonyl (C=O) groups excluding carboxylic acids is 2. The van der Waals surface area contributed by atoms with Crippen LogP contribution in [0.2, 0.25) is 0 Å². The highest BCUT2D eigenvalue weighted by atomic mass is 79.9. The number of fused-ring (bicyclic) bond motifs is 1. The number of benzene rings is 2. The van der Waals surface area contributed by atoms with Crippen LogP contribution < -0.4 is 0 Å². The van der Waals surface area contributed by atoms with E-state index >= 15 is 13.2 Å². The van der Waals surface area contributed by atoms with Gasteiger partial charge in [-0.1, -0.05) is 56.1 Å². The van der Waals surface area contributed by atoms with Gasteiger partial charge in [0.1, 0.15) is 6.04 Å². The molecule has 5 nitrogen and oxygen atoms in total. The number of esters is 1. The van der Waals surface area contributed by atoms with E-state index in [0.29, 0.717) is 8.95 Å². The highest BCUT2D eigenvalue weighted by Crippen LogP contribution is 2.65. The van der Waals surface area contributed by atoms with Crippen molar-refractivity contribution in [3.05, 3.63) is 68.6 Å². The van der Waals surface area contributed by atoms with Crippen LogP contribution in [-0.4, -0.2) is 41.7 Å². The normalized spacial score (nSPS) is 26.3. The van der Waals surface area contributed by atoms with Crippen molar-refractivity contribution in [3.63, 3.8) is 0 Å². The summed E-state index contributed by atoms with van der Waals surface area (Å²) in [6.45, 7) is 0.0708.